The number of rotatable bonds is 9. The lowest BCUT2D eigenvalue weighted by molar-refractivity contribution is -0.884. The van der Waals surface area contributed by atoms with E-state index in [1.807, 2.05) is 49.3 Å². The third-order valence-corrected chi connectivity index (χ3v) is 6.01. The molecule has 0 aliphatic carbocycles. The molecule has 0 spiro atoms. The Kier molecular flexibility index (Phi) is 6.44. The second-order valence-corrected chi connectivity index (χ2v) is 9.14. The van der Waals surface area contributed by atoms with Crippen molar-refractivity contribution in [1.29, 1.82) is 0 Å². The molecular weight excluding hydrogens is 346 g/mol. The Morgan fingerprint density at radius 2 is 1.77 bits per heavy atom. The molecule has 0 heterocycles. The first-order valence-corrected chi connectivity index (χ1v) is 10.3. The Morgan fingerprint density at radius 1 is 1.12 bits per heavy atom. The first-order valence-electron chi connectivity index (χ1n) is 8.79. The molecule has 0 saturated carbocycles. The maximum atomic E-state index is 12.8. The zero-order valence-electron chi connectivity index (χ0n) is 16.2. The molecule has 0 unspecified atom stereocenters. The molecule has 0 atom stereocenters. The molecule has 5 nitrogen and oxygen atoms in total. The van der Waals surface area contributed by atoms with Gasteiger partial charge < -0.3 is 9.38 Å². The molecule has 6 heteroatoms. The van der Waals surface area contributed by atoms with Crippen LogP contribution in [-0.4, -0.2) is 60.7 Å². The van der Waals surface area contributed by atoms with E-state index in [0.29, 0.717) is 11.4 Å². The Balaban J connectivity index is 2.19. The molecule has 142 valence electrons. The van der Waals surface area contributed by atoms with Crippen LogP contribution in [0.5, 0.6) is 0 Å². The quantitative estimate of drug-likeness (QED) is 0.416. The van der Waals surface area contributed by atoms with Gasteiger partial charge in [-0.25, -0.2) is 13.1 Å². The maximum Gasteiger partial charge on any atom is 0.241 e. The van der Waals surface area contributed by atoms with Crippen molar-refractivity contribution in [3.05, 3.63) is 49.1 Å². The van der Waals surface area contributed by atoms with E-state index < -0.39 is 10.0 Å². The van der Waals surface area contributed by atoms with Gasteiger partial charge in [0.25, 0.3) is 0 Å². The smallest absolute Gasteiger partial charge is 0.241 e. The monoisotopic (exact) mass is 376 g/mol. The summed E-state index contributed by atoms with van der Waals surface area (Å²) in [5.41, 5.74) is 1.00. The van der Waals surface area contributed by atoms with Crippen molar-refractivity contribution < 1.29 is 12.9 Å². The second-order valence-electron chi connectivity index (χ2n) is 7.40. The molecule has 2 aromatic carbocycles. The molecule has 2 rings (SSSR count). The number of benzene rings is 2. The van der Waals surface area contributed by atoms with Gasteiger partial charge in [-0.2, -0.15) is 0 Å². The average molecular weight is 377 g/mol. The van der Waals surface area contributed by atoms with E-state index in [2.05, 4.69) is 25.4 Å². The highest BCUT2D eigenvalue weighted by atomic mass is 32.2. The summed E-state index contributed by atoms with van der Waals surface area (Å²) in [5, 5.41) is 1.68. The summed E-state index contributed by atoms with van der Waals surface area (Å²) in [4.78, 5) is 2.32. The fraction of sp³-hybridized carbons (Fsp3) is 0.400. The highest BCUT2D eigenvalue weighted by Gasteiger charge is 2.19. The van der Waals surface area contributed by atoms with Crippen LogP contribution in [0.2, 0.25) is 0 Å². The van der Waals surface area contributed by atoms with Crippen LogP contribution in [-0.2, 0) is 10.0 Å². The summed E-state index contributed by atoms with van der Waals surface area (Å²) in [7, 11) is 4.59. The van der Waals surface area contributed by atoms with Gasteiger partial charge in [0.2, 0.25) is 10.0 Å². The van der Waals surface area contributed by atoms with Crippen molar-refractivity contribution in [2.75, 3.05) is 52.7 Å². The van der Waals surface area contributed by atoms with Crippen LogP contribution >= 0.6 is 0 Å². The lowest BCUT2D eigenvalue weighted by Gasteiger charge is -2.28. The van der Waals surface area contributed by atoms with Crippen LogP contribution in [0, 0.1) is 0 Å². The molecule has 0 aromatic heterocycles. The Hall–Kier alpha value is -1.89. The summed E-state index contributed by atoms with van der Waals surface area (Å²) in [6.45, 7) is 5.94. The van der Waals surface area contributed by atoms with Crippen LogP contribution in [0.15, 0.2) is 53.9 Å². The van der Waals surface area contributed by atoms with E-state index >= 15 is 0 Å². The van der Waals surface area contributed by atoms with E-state index in [4.69, 9.17) is 0 Å². The van der Waals surface area contributed by atoms with Crippen molar-refractivity contribution in [2.24, 2.45) is 0 Å². The molecule has 2 aromatic rings. The largest absolute Gasteiger partial charge is 0.377 e. The molecular formula is C20H30N3O2S+. The zero-order valence-corrected chi connectivity index (χ0v) is 17.0. The minimum absolute atomic E-state index is 0.332. The normalized spacial score (nSPS) is 12.3. The van der Waals surface area contributed by atoms with E-state index in [0.717, 1.165) is 40.5 Å². The molecule has 0 radical (unpaired) electrons. The topological polar surface area (TPSA) is 49.4 Å². The number of hydrogen-bond acceptors (Lipinski definition) is 3. The van der Waals surface area contributed by atoms with Gasteiger partial charge in [0.05, 0.1) is 32.1 Å². The summed E-state index contributed by atoms with van der Waals surface area (Å²) in [5.74, 6) is 0. The minimum atomic E-state index is -3.55. The second kappa shape index (κ2) is 8.20. The van der Waals surface area contributed by atoms with Gasteiger partial charge in [-0.15, -0.1) is 0 Å². The number of nitrogens with one attached hydrogen (secondary N) is 1. The molecule has 0 aliphatic heterocycles. The Bertz CT molecular complexity index is 874. The molecule has 0 aliphatic rings. The van der Waals surface area contributed by atoms with Crippen LogP contribution in [0.1, 0.15) is 6.42 Å². The predicted octanol–water partition coefficient (Wildman–Crippen LogP) is 2.84. The van der Waals surface area contributed by atoms with Gasteiger partial charge in [0, 0.05) is 43.5 Å². The van der Waals surface area contributed by atoms with Crippen LogP contribution in [0.25, 0.3) is 10.8 Å². The van der Waals surface area contributed by atoms with Gasteiger partial charge in [-0.1, -0.05) is 30.8 Å². The fourth-order valence-electron chi connectivity index (χ4n) is 3.12. The summed E-state index contributed by atoms with van der Waals surface area (Å²) < 4.78 is 29.2. The Labute approximate surface area is 157 Å². The summed E-state index contributed by atoms with van der Waals surface area (Å²) in [6.07, 6.45) is 2.66. The molecule has 0 amide bonds. The standard InChI is InChI=1S/C20H30N3O2S/c1-6-15-23(4,5)16-9-14-21-26(24,25)20-13-8-10-17-18(20)11-7-12-19(17)22(2)3/h6-8,10-13,21H,1,9,14-16H2,2-5H3/q+1. The predicted molar refractivity (Wildman–Crippen MR) is 110 cm³/mol. The third-order valence-electron chi connectivity index (χ3n) is 4.49. The third kappa shape index (κ3) is 4.84. The minimum Gasteiger partial charge on any atom is -0.377 e. The Morgan fingerprint density at radius 3 is 2.42 bits per heavy atom. The van der Waals surface area contributed by atoms with Crippen LogP contribution in [0.3, 0.4) is 0 Å². The van der Waals surface area contributed by atoms with Crippen LogP contribution in [0.4, 0.5) is 5.69 Å². The van der Waals surface area contributed by atoms with Crippen LogP contribution < -0.4 is 9.62 Å². The van der Waals surface area contributed by atoms with E-state index in [-0.39, 0.29) is 0 Å². The SMILES string of the molecule is C=CC[N+](C)(C)CCCNS(=O)(=O)c1cccc2c(N(C)C)cccc12. The lowest BCUT2D eigenvalue weighted by atomic mass is 10.1. The highest BCUT2D eigenvalue weighted by Crippen LogP contribution is 2.30. The molecule has 0 saturated heterocycles. The number of fused-ring (bicyclic) bond motifs is 1. The number of sulfonamides is 1. The first-order chi connectivity index (χ1) is 12.2. The van der Waals surface area contributed by atoms with Gasteiger partial charge in [0.1, 0.15) is 0 Å². The number of likely N-dealkylation sites (N-methyl/N-ethyl adjacent to an activating group) is 1. The summed E-state index contributed by atoms with van der Waals surface area (Å²) >= 11 is 0. The zero-order chi connectivity index (χ0) is 19.4. The molecule has 0 bridgehead atoms. The van der Waals surface area contributed by atoms with E-state index in [9.17, 15) is 8.42 Å². The van der Waals surface area contributed by atoms with Gasteiger partial charge in [-0.05, 0) is 18.2 Å². The van der Waals surface area contributed by atoms with Gasteiger partial charge in [-0.3, -0.25) is 0 Å². The fourth-order valence-corrected chi connectivity index (χ4v) is 4.41. The van der Waals surface area contributed by atoms with E-state index in [1.54, 1.807) is 12.1 Å². The summed E-state index contributed by atoms with van der Waals surface area (Å²) in [6, 6.07) is 11.2. The number of hydrogen-bond donors (Lipinski definition) is 1. The highest BCUT2D eigenvalue weighted by molar-refractivity contribution is 7.89. The van der Waals surface area contributed by atoms with Crippen molar-refractivity contribution in [3.8, 4) is 0 Å². The van der Waals surface area contributed by atoms with E-state index in [1.165, 1.54) is 0 Å². The lowest BCUT2D eigenvalue weighted by Crippen LogP contribution is -2.41. The van der Waals surface area contributed by atoms with Crippen molar-refractivity contribution in [3.63, 3.8) is 0 Å². The molecule has 0 fully saturated rings. The van der Waals surface area contributed by atoms with Gasteiger partial charge in [0.15, 0.2) is 0 Å². The number of nitrogens with zero attached hydrogens (tertiary/aromatic N) is 2. The van der Waals surface area contributed by atoms with Crippen molar-refractivity contribution in [2.45, 2.75) is 11.3 Å². The molecule has 1 N–H and O–H groups in total. The maximum absolute atomic E-state index is 12.8. The number of anilines is 1. The average Bonchev–Trinajstić information content (AvgIpc) is 2.57. The van der Waals surface area contributed by atoms with Crippen molar-refractivity contribution >= 4 is 26.5 Å². The number of quaternary nitrogens is 1. The first kappa shape index (κ1) is 20.4. The van der Waals surface area contributed by atoms with Crippen molar-refractivity contribution in [1.82, 2.24) is 4.72 Å². The molecule has 26 heavy (non-hydrogen) atoms. The van der Waals surface area contributed by atoms with Gasteiger partial charge >= 0.3 is 0 Å².